The maximum absolute atomic E-state index is 12.4. The number of carbonyl (C=O) groups excluding carboxylic acids is 1. The number of carbonyl (C=O) groups is 1. The summed E-state index contributed by atoms with van der Waals surface area (Å²) in [6.45, 7) is 6.79. The van der Waals surface area contributed by atoms with Crippen molar-refractivity contribution in [1.82, 2.24) is 5.43 Å². The lowest BCUT2D eigenvalue weighted by Gasteiger charge is -2.15. The summed E-state index contributed by atoms with van der Waals surface area (Å²) in [6, 6.07) is 7.79. The molecule has 0 aliphatic heterocycles. The molecule has 4 heteroatoms. The second-order valence-electron chi connectivity index (χ2n) is 6.97. The van der Waals surface area contributed by atoms with Gasteiger partial charge in [0, 0.05) is 5.92 Å². The van der Waals surface area contributed by atoms with E-state index in [2.05, 4.69) is 17.5 Å². The Morgan fingerprint density at radius 3 is 2.70 bits per heavy atom. The number of hydrogen-bond donors (Lipinski definition) is 1. The Kier molecular flexibility index (Phi) is 4.42. The van der Waals surface area contributed by atoms with Gasteiger partial charge in [-0.1, -0.05) is 19.8 Å². The second-order valence-corrected chi connectivity index (χ2v) is 6.97. The van der Waals surface area contributed by atoms with E-state index in [1.54, 1.807) is 0 Å². The van der Waals surface area contributed by atoms with Gasteiger partial charge in [0.1, 0.15) is 5.75 Å². The number of ether oxygens (including phenoxy) is 1. The zero-order valence-electron chi connectivity index (χ0n) is 14.3. The quantitative estimate of drug-likeness (QED) is 0.664. The minimum atomic E-state index is 0.0877. The number of nitrogens with one attached hydrogen (secondary N) is 1. The lowest BCUT2D eigenvalue weighted by atomic mass is 9.90. The molecule has 2 aliphatic carbocycles. The second kappa shape index (κ2) is 6.34. The van der Waals surface area contributed by atoms with Crippen LogP contribution in [0.25, 0.3) is 0 Å². The molecule has 1 aromatic rings. The molecule has 0 heterocycles. The Labute approximate surface area is 138 Å². The van der Waals surface area contributed by atoms with Crippen LogP contribution in [-0.4, -0.2) is 18.2 Å². The number of fused-ring (bicyclic) bond motifs is 1. The van der Waals surface area contributed by atoms with Crippen LogP contribution < -0.4 is 10.2 Å². The molecule has 3 atom stereocenters. The first-order chi connectivity index (χ1) is 11.1. The normalized spacial score (nSPS) is 29.6. The van der Waals surface area contributed by atoms with Crippen molar-refractivity contribution in [2.75, 3.05) is 6.61 Å². The van der Waals surface area contributed by atoms with Gasteiger partial charge >= 0.3 is 0 Å². The standard InChI is InChI=1S/C19H26N2O2/c1-4-23-15-10-8-14(9-11-15)13(2)20-21-18(22)17-16-7-5-6-12-19(16,17)3/h8-11,16-17H,4-7,12H2,1-3H3,(H,21,22)/b20-13-/t16-,17+,19+/m1/s1. The minimum Gasteiger partial charge on any atom is -0.494 e. The van der Waals surface area contributed by atoms with Crippen LogP contribution in [0.4, 0.5) is 0 Å². The third kappa shape index (κ3) is 3.12. The molecule has 0 spiro atoms. The number of nitrogens with zero attached hydrogens (tertiary/aromatic N) is 1. The third-order valence-corrected chi connectivity index (χ3v) is 5.53. The van der Waals surface area contributed by atoms with Gasteiger partial charge in [-0.15, -0.1) is 0 Å². The van der Waals surface area contributed by atoms with Gasteiger partial charge < -0.3 is 4.74 Å². The van der Waals surface area contributed by atoms with E-state index in [1.165, 1.54) is 25.7 Å². The van der Waals surface area contributed by atoms with Crippen LogP contribution in [-0.2, 0) is 4.79 Å². The molecule has 0 saturated heterocycles. The Balaban J connectivity index is 1.60. The zero-order valence-corrected chi connectivity index (χ0v) is 14.3. The van der Waals surface area contributed by atoms with Crippen molar-refractivity contribution in [2.45, 2.75) is 46.5 Å². The highest BCUT2D eigenvalue weighted by Crippen LogP contribution is 2.66. The van der Waals surface area contributed by atoms with Crippen molar-refractivity contribution < 1.29 is 9.53 Å². The van der Waals surface area contributed by atoms with Gasteiger partial charge in [0.05, 0.1) is 12.3 Å². The Bertz CT molecular complexity index is 608. The van der Waals surface area contributed by atoms with E-state index < -0.39 is 0 Å². The summed E-state index contributed by atoms with van der Waals surface area (Å²) in [5.41, 5.74) is 4.82. The number of benzene rings is 1. The van der Waals surface area contributed by atoms with Crippen LogP contribution in [0, 0.1) is 17.3 Å². The molecule has 3 rings (SSSR count). The van der Waals surface area contributed by atoms with E-state index in [4.69, 9.17) is 4.74 Å². The molecule has 1 aromatic carbocycles. The zero-order chi connectivity index (χ0) is 16.4. The number of hydrazone groups is 1. The van der Waals surface area contributed by atoms with Gasteiger partial charge in [0.25, 0.3) is 0 Å². The summed E-state index contributed by atoms with van der Waals surface area (Å²) in [5, 5.41) is 4.30. The van der Waals surface area contributed by atoms with E-state index in [-0.39, 0.29) is 17.2 Å². The van der Waals surface area contributed by atoms with Crippen LogP contribution in [0.3, 0.4) is 0 Å². The Morgan fingerprint density at radius 2 is 2.09 bits per heavy atom. The maximum atomic E-state index is 12.4. The molecule has 1 amide bonds. The summed E-state index contributed by atoms with van der Waals surface area (Å²) < 4.78 is 5.43. The monoisotopic (exact) mass is 314 g/mol. The van der Waals surface area contributed by atoms with E-state index in [9.17, 15) is 4.79 Å². The molecular formula is C19H26N2O2. The molecule has 124 valence electrons. The number of hydrogen-bond acceptors (Lipinski definition) is 3. The van der Waals surface area contributed by atoms with E-state index >= 15 is 0 Å². The van der Waals surface area contributed by atoms with E-state index in [1.807, 2.05) is 38.1 Å². The number of rotatable bonds is 5. The topological polar surface area (TPSA) is 50.7 Å². The molecule has 0 bridgehead atoms. The fourth-order valence-corrected chi connectivity index (χ4v) is 4.08. The van der Waals surface area contributed by atoms with Crippen LogP contribution in [0.2, 0.25) is 0 Å². The average molecular weight is 314 g/mol. The fraction of sp³-hybridized carbons (Fsp3) is 0.579. The highest BCUT2D eigenvalue weighted by molar-refractivity contribution is 5.99. The van der Waals surface area contributed by atoms with Crippen LogP contribution >= 0.6 is 0 Å². The Hall–Kier alpha value is -1.84. The summed E-state index contributed by atoms with van der Waals surface area (Å²) in [7, 11) is 0. The summed E-state index contributed by atoms with van der Waals surface area (Å²) >= 11 is 0. The molecule has 4 nitrogen and oxygen atoms in total. The molecular weight excluding hydrogens is 288 g/mol. The van der Waals surface area contributed by atoms with Crippen molar-refractivity contribution in [3.05, 3.63) is 29.8 Å². The van der Waals surface area contributed by atoms with Crippen LogP contribution in [0.5, 0.6) is 5.75 Å². The van der Waals surface area contributed by atoms with Gasteiger partial charge in [-0.25, -0.2) is 5.43 Å². The highest BCUT2D eigenvalue weighted by atomic mass is 16.5. The predicted octanol–water partition coefficient (Wildman–Crippen LogP) is 3.75. The van der Waals surface area contributed by atoms with Crippen molar-refractivity contribution in [1.29, 1.82) is 0 Å². The molecule has 2 saturated carbocycles. The first-order valence-electron chi connectivity index (χ1n) is 8.63. The molecule has 0 aromatic heterocycles. The SMILES string of the molecule is CCOc1ccc(/C(C)=N\NC(=O)[C@@H]2[C@H]3CCCC[C@@]32C)cc1. The van der Waals surface area contributed by atoms with Crippen molar-refractivity contribution in [3.8, 4) is 5.75 Å². The molecule has 2 fully saturated rings. The lowest BCUT2D eigenvalue weighted by molar-refractivity contribution is -0.123. The molecule has 2 aliphatic rings. The number of amides is 1. The smallest absolute Gasteiger partial charge is 0.244 e. The van der Waals surface area contributed by atoms with Gasteiger partial charge in [-0.05, 0) is 67.9 Å². The largest absolute Gasteiger partial charge is 0.494 e. The van der Waals surface area contributed by atoms with Crippen LogP contribution in [0.15, 0.2) is 29.4 Å². The Morgan fingerprint density at radius 1 is 1.35 bits per heavy atom. The van der Waals surface area contributed by atoms with Crippen molar-refractivity contribution in [3.63, 3.8) is 0 Å². The van der Waals surface area contributed by atoms with Crippen molar-refractivity contribution in [2.24, 2.45) is 22.4 Å². The molecule has 23 heavy (non-hydrogen) atoms. The van der Waals surface area contributed by atoms with Crippen molar-refractivity contribution >= 4 is 11.6 Å². The first kappa shape index (κ1) is 16.0. The molecule has 0 unspecified atom stereocenters. The summed E-state index contributed by atoms with van der Waals surface area (Å²) in [5.74, 6) is 1.66. The van der Waals surface area contributed by atoms with Crippen LogP contribution in [0.1, 0.15) is 52.0 Å². The third-order valence-electron chi connectivity index (χ3n) is 5.53. The molecule has 0 radical (unpaired) electrons. The minimum absolute atomic E-state index is 0.0877. The van der Waals surface area contributed by atoms with Gasteiger partial charge in [0.15, 0.2) is 0 Å². The fourth-order valence-electron chi connectivity index (χ4n) is 4.08. The van der Waals surface area contributed by atoms with Gasteiger partial charge in [-0.3, -0.25) is 4.79 Å². The van der Waals surface area contributed by atoms with Gasteiger partial charge in [0.2, 0.25) is 5.91 Å². The summed E-state index contributed by atoms with van der Waals surface area (Å²) in [6.07, 6.45) is 4.89. The lowest BCUT2D eigenvalue weighted by Crippen LogP contribution is -2.23. The highest BCUT2D eigenvalue weighted by Gasteiger charge is 2.64. The maximum Gasteiger partial charge on any atom is 0.244 e. The molecule has 1 N–H and O–H groups in total. The van der Waals surface area contributed by atoms with Gasteiger partial charge in [-0.2, -0.15) is 5.10 Å². The summed E-state index contributed by atoms with van der Waals surface area (Å²) in [4.78, 5) is 12.4. The average Bonchev–Trinajstić information content (AvgIpc) is 3.19. The van der Waals surface area contributed by atoms with E-state index in [0.29, 0.717) is 12.5 Å². The predicted molar refractivity (Wildman–Crippen MR) is 91.5 cm³/mol. The first-order valence-corrected chi connectivity index (χ1v) is 8.63. The van der Waals surface area contributed by atoms with E-state index in [0.717, 1.165) is 17.0 Å².